The van der Waals surface area contributed by atoms with Crippen molar-refractivity contribution in [1.82, 2.24) is 15.0 Å². The highest BCUT2D eigenvalue weighted by Crippen LogP contribution is 2.22. The van der Waals surface area contributed by atoms with Gasteiger partial charge in [0.25, 0.3) is 0 Å². The van der Waals surface area contributed by atoms with Gasteiger partial charge in [0, 0.05) is 24.2 Å². The van der Waals surface area contributed by atoms with Crippen molar-refractivity contribution in [2.75, 3.05) is 0 Å². The van der Waals surface area contributed by atoms with Gasteiger partial charge in [0.05, 0.1) is 10.7 Å². The van der Waals surface area contributed by atoms with Crippen LogP contribution in [0.25, 0.3) is 11.4 Å². The highest BCUT2D eigenvalue weighted by Gasteiger charge is 2.09. The molecule has 0 atom stereocenters. The zero-order valence-corrected chi connectivity index (χ0v) is 10.8. The lowest BCUT2D eigenvalue weighted by atomic mass is 10.2. The summed E-state index contributed by atoms with van der Waals surface area (Å²) < 4.78 is 0. The van der Waals surface area contributed by atoms with Crippen molar-refractivity contribution in [3.63, 3.8) is 0 Å². The maximum Gasteiger partial charge on any atom is 0.303 e. The van der Waals surface area contributed by atoms with Gasteiger partial charge in [0.15, 0.2) is 0 Å². The van der Waals surface area contributed by atoms with Crippen LogP contribution in [0, 0.1) is 6.92 Å². The minimum atomic E-state index is -0.767. The first-order chi connectivity index (χ1) is 8.66. The molecule has 0 aromatic carbocycles. The molecule has 5 nitrogen and oxygen atoms in total. The van der Waals surface area contributed by atoms with Crippen LogP contribution in [-0.2, 0) is 11.2 Å². The Kier molecular flexibility index (Phi) is 3.99. The number of carboxylic acid groups (broad SMARTS) is 1. The minimum Gasteiger partial charge on any atom is -0.481 e. The predicted molar refractivity (Wildman–Crippen MR) is 68.5 cm³/mol. The number of aliphatic carboxylic acids is 1. The molecule has 94 valence electrons. The number of thiazole rings is 1. The molecule has 0 unspecified atom stereocenters. The van der Waals surface area contributed by atoms with Crippen LogP contribution >= 0.6 is 11.3 Å². The summed E-state index contributed by atoms with van der Waals surface area (Å²) in [6, 6.07) is 0. The molecular weight excluding hydrogens is 250 g/mol. The van der Waals surface area contributed by atoms with Crippen molar-refractivity contribution >= 4 is 17.3 Å². The van der Waals surface area contributed by atoms with E-state index in [1.165, 1.54) is 11.3 Å². The van der Waals surface area contributed by atoms with Crippen molar-refractivity contribution in [3.05, 3.63) is 28.5 Å². The lowest BCUT2D eigenvalue weighted by molar-refractivity contribution is -0.137. The highest BCUT2D eigenvalue weighted by molar-refractivity contribution is 7.09. The summed E-state index contributed by atoms with van der Waals surface area (Å²) in [5, 5.41) is 11.5. The normalized spacial score (nSPS) is 10.5. The Bertz CT molecular complexity index is 554. The van der Waals surface area contributed by atoms with E-state index < -0.39 is 5.97 Å². The van der Waals surface area contributed by atoms with E-state index in [0.717, 1.165) is 22.1 Å². The molecule has 0 aliphatic rings. The number of aromatic nitrogens is 3. The van der Waals surface area contributed by atoms with E-state index in [1.807, 2.05) is 12.3 Å². The first-order valence-corrected chi connectivity index (χ1v) is 6.49. The highest BCUT2D eigenvalue weighted by atomic mass is 32.1. The van der Waals surface area contributed by atoms with E-state index in [2.05, 4.69) is 15.0 Å². The molecule has 0 radical (unpaired) electrons. The summed E-state index contributed by atoms with van der Waals surface area (Å²) in [6.45, 7) is 1.89. The van der Waals surface area contributed by atoms with Gasteiger partial charge in [-0.15, -0.1) is 11.3 Å². The summed E-state index contributed by atoms with van der Waals surface area (Å²) >= 11 is 1.53. The predicted octanol–water partition coefficient (Wildman–Crippen LogP) is 2.32. The molecule has 0 saturated heterocycles. The van der Waals surface area contributed by atoms with Gasteiger partial charge in [0.1, 0.15) is 11.4 Å². The Balaban J connectivity index is 2.06. The Morgan fingerprint density at radius 2 is 2.17 bits per heavy atom. The van der Waals surface area contributed by atoms with E-state index in [0.29, 0.717) is 12.8 Å². The zero-order valence-electron chi connectivity index (χ0n) is 9.96. The van der Waals surface area contributed by atoms with Crippen molar-refractivity contribution in [1.29, 1.82) is 0 Å². The van der Waals surface area contributed by atoms with Crippen LogP contribution in [0.15, 0.2) is 17.8 Å². The number of carboxylic acids is 1. The standard InChI is InChI=1S/C12H13N3O2S/c1-8-12(14-6-5-13-8)9-7-18-10(15-9)3-2-4-11(16)17/h5-7H,2-4H2,1H3,(H,16,17). The number of hydrogen-bond acceptors (Lipinski definition) is 5. The van der Waals surface area contributed by atoms with Crippen LogP contribution in [0.1, 0.15) is 23.5 Å². The van der Waals surface area contributed by atoms with Crippen LogP contribution < -0.4 is 0 Å². The summed E-state index contributed by atoms with van der Waals surface area (Å²) in [4.78, 5) is 23.3. The van der Waals surface area contributed by atoms with E-state index in [4.69, 9.17) is 5.11 Å². The van der Waals surface area contributed by atoms with Gasteiger partial charge in [-0.1, -0.05) is 0 Å². The van der Waals surface area contributed by atoms with Gasteiger partial charge in [0.2, 0.25) is 0 Å². The molecular formula is C12H13N3O2S. The second-order valence-corrected chi connectivity index (χ2v) is 4.81. The van der Waals surface area contributed by atoms with E-state index in [-0.39, 0.29) is 6.42 Å². The molecule has 0 amide bonds. The smallest absolute Gasteiger partial charge is 0.303 e. The largest absolute Gasteiger partial charge is 0.481 e. The summed E-state index contributed by atoms with van der Waals surface area (Å²) in [7, 11) is 0. The van der Waals surface area contributed by atoms with Crippen molar-refractivity contribution in [3.8, 4) is 11.4 Å². The Morgan fingerprint density at radius 3 is 2.89 bits per heavy atom. The van der Waals surface area contributed by atoms with Crippen LogP contribution in [0.2, 0.25) is 0 Å². The molecule has 2 aromatic rings. The first kappa shape index (κ1) is 12.6. The van der Waals surface area contributed by atoms with Crippen LogP contribution in [0.5, 0.6) is 0 Å². The second-order valence-electron chi connectivity index (χ2n) is 3.86. The van der Waals surface area contributed by atoms with Gasteiger partial charge in [-0.3, -0.25) is 14.8 Å². The van der Waals surface area contributed by atoms with Crippen LogP contribution in [-0.4, -0.2) is 26.0 Å². The van der Waals surface area contributed by atoms with E-state index in [1.54, 1.807) is 12.4 Å². The molecule has 18 heavy (non-hydrogen) atoms. The summed E-state index contributed by atoms with van der Waals surface area (Å²) in [5.74, 6) is -0.767. The second kappa shape index (κ2) is 5.68. The van der Waals surface area contributed by atoms with Crippen molar-refractivity contribution in [2.45, 2.75) is 26.2 Å². The summed E-state index contributed by atoms with van der Waals surface area (Å²) in [6.07, 6.45) is 4.78. The van der Waals surface area contributed by atoms with Crippen LogP contribution in [0.4, 0.5) is 0 Å². The van der Waals surface area contributed by atoms with Gasteiger partial charge in [-0.05, 0) is 19.8 Å². The zero-order chi connectivity index (χ0) is 13.0. The number of hydrogen-bond donors (Lipinski definition) is 1. The molecule has 6 heteroatoms. The molecule has 0 bridgehead atoms. The average molecular weight is 263 g/mol. The molecule has 0 saturated carbocycles. The summed E-state index contributed by atoms with van der Waals surface area (Å²) in [5.41, 5.74) is 2.45. The Morgan fingerprint density at radius 1 is 1.39 bits per heavy atom. The maximum atomic E-state index is 10.4. The third-order valence-electron chi connectivity index (χ3n) is 2.46. The first-order valence-electron chi connectivity index (χ1n) is 5.61. The fraction of sp³-hybridized carbons (Fsp3) is 0.333. The lowest BCUT2D eigenvalue weighted by Gasteiger charge is -1.98. The van der Waals surface area contributed by atoms with Gasteiger partial charge >= 0.3 is 5.97 Å². The molecule has 2 aromatic heterocycles. The molecule has 1 N–H and O–H groups in total. The topological polar surface area (TPSA) is 76.0 Å². The van der Waals surface area contributed by atoms with Gasteiger partial charge in [-0.25, -0.2) is 4.98 Å². The fourth-order valence-electron chi connectivity index (χ4n) is 1.58. The molecule has 2 heterocycles. The number of carbonyl (C=O) groups is 1. The molecule has 0 spiro atoms. The van der Waals surface area contributed by atoms with Crippen molar-refractivity contribution < 1.29 is 9.90 Å². The monoisotopic (exact) mass is 263 g/mol. The third-order valence-corrected chi connectivity index (χ3v) is 3.37. The Labute approximate surface area is 109 Å². The quantitative estimate of drug-likeness (QED) is 0.895. The van der Waals surface area contributed by atoms with Gasteiger partial charge < -0.3 is 5.11 Å². The SMILES string of the molecule is Cc1nccnc1-c1csc(CCCC(=O)O)n1. The molecule has 0 fully saturated rings. The van der Waals surface area contributed by atoms with Gasteiger partial charge in [-0.2, -0.15) is 0 Å². The molecule has 0 aliphatic carbocycles. The van der Waals surface area contributed by atoms with E-state index >= 15 is 0 Å². The molecule has 0 aliphatic heterocycles. The third kappa shape index (κ3) is 3.10. The molecule has 2 rings (SSSR count). The average Bonchev–Trinajstić information content (AvgIpc) is 2.78. The maximum absolute atomic E-state index is 10.4. The van der Waals surface area contributed by atoms with Crippen LogP contribution in [0.3, 0.4) is 0 Å². The number of rotatable bonds is 5. The van der Waals surface area contributed by atoms with E-state index in [9.17, 15) is 4.79 Å². The number of nitrogens with zero attached hydrogens (tertiary/aromatic N) is 3. The number of aryl methyl sites for hydroxylation is 2. The minimum absolute atomic E-state index is 0.180. The Hall–Kier alpha value is -1.82. The van der Waals surface area contributed by atoms with Crippen molar-refractivity contribution in [2.24, 2.45) is 0 Å². The lowest BCUT2D eigenvalue weighted by Crippen LogP contribution is -1.96. The fourth-order valence-corrected chi connectivity index (χ4v) is 2.41.